The summed E-state index contributed by atoms with van der Waals surface area (Å²) in [4.78, 5) is 5.02. The molecule has 1 heterocycles. The first-order valence-electron chi connectivity index (χ1n) is 7.49. The molecule has 0 aromatic carbocycles. The van der Waals surface area contributed by atoms with Gasteiger partial charge in [-0.3, -0.25) is 0 Å². The monoisotopic (exact) mass is 546 g/mol. The van der Waals surface area contributed by atoms with Gasteiger partial charge in [0, 0.05) is 7.05 Å². The van der Waals surface area contributed by atoms with Crippen molar-refractivity contribution in [3.63, 3.8) is 0 Å². The Hall–Kier alpha value is -2.45. The molecule has 0 fully saturated rings. The molecule has 1 N–H and O–H groups in total. The van der Waals surface area contributed by atoms with Crippen molar-refractivity contribution in [3.8, 4) is 0 Å². The third kappa shape index (κ3) is 4.01. The van der Waals surface area contributed by atoms with Gasteiger partial charge in [-0.2, -0.15) is 89.0 Å². The lowest BCUT2D eigenvalue weighted by Gasteiger charge is -2.39. The molecule has 0 aliphatic rings. The molecule has 4 nitrogen and oxygen atoms in total. The van der Waals surface area contributed by atoms with Crippen molar-refractivity contribution in [1.29, 1.82) is 0 Å². The van der Waals surface area contributed by atoms with Crippen LogP contribution in [0.5, 0.6) is 0 Å². The number of nitrogens with one attached hydrogen (secondary N) is 1. The zero-order valence-corrected chi connectivity index (χ0v) is 15.1. The van der Waals surface area contributed by atoms with E-state index >= 15 is 0 Å². The Balaban J connectivity index is 4.52. The van der Waals surface area contributed by atoms with Crippen LogP contribution in [0.3, 0.4) is 0 Å². The maximum atomic E-state index is 13.2. The van der Waals surface area contributed by atoms with Crippen LogP contribution in [-0.4, -0.2) is 59.1 Å². The van der Waals surface area contributed by atoms with Gasteiger partial charge in [0.15, 0.2) is 11.6 Å². The number of nitrogens with zero attached hydrogens (tertiary/aromatic N) is 3. The lowest BCUT2D eigenvalue weighted by Crippen LogP contribution is -2.66. The number of rotatable bonds is 3. The molecular formula is C12H4F18N4. The summed E-state index contributed by atoms with van der Waals surface area (Å²) in [5.74, 6) is -10.3. The van der Waals surface area contributed by atoms with Crippen molar-refractivity contribution in [3.05, 3.63) is 11.6 Å². The van der Waals surface area contributed by atoms with Crippen molar-refractivity contribution in [2.24, 2.45) is 0 Å². The first-order valence-corrected chi connectivity index (χ1v) is 7.49. The Labute approximate surface area is 173 Å². The van der Waals surface area contributed by atoms with Crippen molar-refractivity contribution in [2.75, 3.05) is 12.4 Å². The zero-order chi connectivity index (χ0) is 27.6. The minimum Gasteiger partial charge on any atom is -0.357 e. The minimum atomic E-state index is -7.69. The predicted octanol–water partition coefficient (Wildman–Crippen LogP) is 5.76. The molecule has 1 aromatic rings. The van der Waals surface area contributed by atoms with Gasteiger partial charge in [0.1, 0.15) is 0 Å². The lowest BCUT2D eigenvalue weighted by atomic mass is 9.82. The van der Waals surface area contributed by atoms with Gasteiger partial charge in [-0.05, 0) is 0 Å². The standard InChI is InChI=1S/C12H4F18N4/c1-31-4-33-2(5(7(13,14)15,8(16,17)18)9(19,20)21)32-3(34-4)6(10(22,23)24,11(25,26)27)12(28,29)30/h1H3,(H,31,32,33,34). The summed E-state index contributed by atoms with van der Waals surface area (Å²) in [6.45, 7) is 0. The van der Waals surface area contributed by atoms with Crippen LogP contribution in [0.2, 0.25) is 0 Å². The lowest BCUT2D eigenvalue weighted by molar-refractivity contribution is -0.391. The molecule has 22 heteroatoms. The van der Waals surface area contributed by atoms with Gasteiger partial charge in [0.05, 0.1) is 0 Å². The highest BCUT2D eigenvalue weighted by Crippen LogP contribution is 2.62. The van der Waals surface area contributed by atoms with Crippen LogP contribution >= 0.6 is 0 Å². The SMILES string of the molecule is CNc1nc(C(C(F)(F)F)(C(F)(F)F)C(F)(F)F)nc(C(C(F)(F)F)(C(F)(F)F)C(F)(F)F)n1. The third-order valence-electron chi connectivity index (χ3n) is 4.08. The molecule has 0 saturated carbocycles. The fraction of sp³-hybridized carbons (Fsp3) is 0.750. The van der Waals surface area contributed by atoms with Gasteiger partial charge in [-0.15, -0.1) is 0 Å². The van der Waals surface area contributed by atoms with Gasteiger partial charge in [-0.1, -0.05) is 0 Å². The molecule has 0 spiro atoms. The second kappa shape index (κ2) is 7.78. The molecular weight excluding hydrogens is 542 g/mol. The van der Waals surface area contributed by atoms with Gasteiger partial charge in [0.2, 0.25) is 5.95 Å². The number of hydrogen-bond donors (Lipinski definition) is 1. The fourth-order valence-electron chi connectivity index (χ4n) is 2.55. The normalized spacial score (nSPS) is 15.5. The van der Waals surface area contributed by atoms with E-state index in [4.69, 9.17) is 0 Å². The van der Waals surface area contributed by atoms with Crippen molar-refractivity contribution in [1.82, 2.24) is 15.0 Å². The van der Waals surface area contributed by atoms with Crippen molar-refractivity contribution < 1.29 is 79.0 Å². The van der Waals surface area contributed by atoms with Gasteiger partial charge in [0.25, 0.3) is 0 Å². The maximum absolute atomic E-state index is 13.2. The summed E-state index contributed by atoms with van der Waals surface area (Å²) in [5.41, 5.74) is -14.9. The van der Waals surface area contributed by atoms with E-state index < -0.39 is 65.5 Å². The average molecular weight is 546 g/mol. The summed E-state index contributed by atoms with van der Waals surface area (Å²) in [6, 6.07) is 0. The number of halogens is 18. The van der Waals surface area contributed by atoms with E-state index in [9.17, 15) is 79.0 Å². The van der Waals surface area contributed by atoms with E-state index in [-0.39, 0.29) is 7.05 Å². The third-order valence-corrected chi connectivity index (χ3v) is 4.08. The number of hydrogen-bond acceptors (Lipinski definition) is 4. The summed E-state index contributed by atoms with van der Waals surface area (Å²) in [5, 5.41) is 1.09. The molecule has 1 aromatic heterocycles. The largest absolute Gasteiger partial charge is 0.419 e. The topological polar surface area (TPSA) is 50.7 Å². The van der Waals surface area contributed by atoms with E-state index in [1.165, 1.54) is 4.98 Å². The minimum absolute atomic E-state index is 0.232. The quantitative estimate of drug-likeness (QED) is 0.490. The Bertz CT molecular complexity index is 743. The van der Waals surface area contributed by atoms with Gasteiger partial charge >= 0.3 is 47.9 Å². The molecule has 0 bridgehead atoms. The van der Waals surface area contributed by atoms with E-state index in [1.807, 2.05) is 9.97 Å². The molecule has 0 radical (unpaired) electrons. The molecule has 0 saturated heterocycles. The van der Waals surface area contributed by atoms with Crippen LogP contribution in [0, 0.1) is 0 Å². The second-order valence-corrected chi connectivity index (χ2v) is 6.04. The van der Waals surface area contributed by atoms with Crippen molar-refractivity contribution in [2.45, 2.75) is 47.9 Å². The van der Waals surface area contributed by atoms with Crippen LogP contribution in [0.15, 0.2) is 0 Å². The molecule has 198 valence electrons. The molecule has 0 amide bonds. The summed E-state index contributed by atoms with van der Waals surface area (Å²) < 4.78 is 237. The Kier molecular flexibility index (Phi) is 6.77. The molecule has 1 rings (SSSR count). The van der Waals surface area contributed by atoms with Crippen molar-refractivity contribution >= 4 is 5.95 Å². The highest BCUT2D eigenvalue weighted by molar-refractivity contribution is 5.34. The van der Waals surface area contributed by atoms with E-state index in [0.717, 1.165) is 5.32 Å². The van der Waals surface area contributed by atoms with E-state index in [2.05, 4.69) is 0 Å². The van der Waals surface area contributed by atoms with Gasteiger partial charge in [-0.25, -0.2) is 4.98 Å². The Morgan fingerprint density at radius 1 is 0.412 bits per heavy atom. The van der Waals surface area contributed by atoms with Gasteiger partial charge < -0.3 is 5.32 Å². The van der Waals surface area contributed by atoms with Crippen LogP contribution in [0.25, 0.3) is 0 Å². The predicted molar refractivity (Wildman–Crippen MR) is 69.1 cm³/mol. The fourth-order valence-corrected chi connectivity index (χ4v) is 2.55. The molecule has 0 aliphatic carbocycles. The molecule has 34 heavy (non-hydrogen) atoms. The van der Waals surface area contributed by atoms with E-state index in [0.29, 0.717) is 0 Å². The average Bonchev–Trinajstić information content (AvgIpc) is 2.46. The summed E-state index contributed by atoms with van der Waals surface area (Å²) in [6.07, 6.45) is -46.1. The number of anilines is 1. The second-order valence-electron chi connectivity index (χ2n) is 6.04. The Morgan fingerprint density at radius 3 is 0.765 bits per heavy atom. The number of alkyl halides is 18. The molecule has 0 aliphatic heterocycles. The van der Waals surface area contributed by atoms with Crippen LogP contribution in [0.4, 0.5) is 85.0 Å². The molecule has 0 atom stereocenters. The first-order chi connectivity index (χ1) is 14.6. The first kappa shape index (κ1) is 29.6. The van der Waals surface area contributed by atoms with Crippen LogP contribution in [0.1, 0.15) is 11.6 Å². The van der Waals surface area contributed by atoms with E-state index in [1.54, 1.807) is 0 Å². The zero-order valence-electron chi connectivity index (χ0n) is 15.1. The summed E-state index contributed by atoms with van der Waals surface area (Å²) >= 11 is 0. The van der Waals surface area contributed by atoms with Crippen LogP contribution < -0.4 is 5.32 Å². The highest BCUT2D eigenvalue weighted by Gasteiger charge is 2.89. The van der Waals surface area contributed by atoms with Crippen LogP contribution in [-0.2, 0) is 10.8 Å². The summed E-state index contributed by atoms with van der Waals surface area (Å²) in [7, 11) is 0.232. The highest BCUT2D eigenvalue weighted by atomic mass is 19.4. The molecule has 0 unspecified atom stereocenters. The maximum Gasteiger partial charge on any atom is 0.419 e. The number of aromatic nitrogens is 3. The Morgan fingerprint density at radius 2 is 0.618 bits per heavy atom. The smallest absolute Gasteiger partial charge is 0.357 e.